The van der Waals surface area contributed by atoms with Crippen LogP contribution in [0.5, 0.6) is 5.75 Å². The SMILES string of the molecule is Cc1cccc(O[C@H](C)C(=O)OCc2cc(=O)oc3c(C)c(C)ccc23)c1. The van der Waals surface area contributed by atoms with E-state index in [4.69, 9.17) is 13.9 Å². The maximum atomic E-state index is 12.3. The highest BCUT2D eigenvalue weighted by atomic mass is 16.6. The van der Waals surface area contributed by atoms with Crippen molar-refractivity contribution in [2.75, 3.05) is 0 Å². The van der Waals surface area contributed by atoms with E-state index in [1.165, 1.54) is 6.07 Å². The summed E-state index contributed by atoms with van der Waals surface area (Å²) >= 11 is 0. The molecule has 0 amide bonds. The van der Waals surface area contributed by atoms with Crippen LogP contribution in [0.15, 0.2) is 51.7 Å². The zero-order valence-electron chi connectivity index (χ0n) is 15.9. The first-order valence-corrected chi connectivity index (χ1v) is 8.78. The highest BCUT2D eigenvalue weighted by molar-refractivity contribution is 5.84. The van der Waals surface area contributed by atoms with Crippen LogP contribution in [0, 0.1) is 20.8 Å². The van der Waals surface area contributed by atoms with E-state index in [1.807, 2.05) is 51.1 Å². The molecular weight excluding hydrogens is 344 g/mol. The second kappa shape index (κ2) is 7.66. The van der Waals surface area contributed by atoms with E-state index in [1.54, 1.807) is 13.0 Å². The maximum absolute atomic E-state index is 12.3. The van der Waals surface area contributed by atoms with Crippen LogP contribution < -0.4 is 10.4 Å². The molecule has 0 aliphatic rings. The van der Waals surface area contributed by atoms with Crippen LogP contribution in [-0.2, 0) is 16.1 Å². The van der Waals surface area contributed by atoms with Gasteiger partial charge in [-0.15, -0.1) is 0 Å². The van der Waals surface area contributed by atoms with Crippen LogP contribution in [0.25, 0.3) is 11.0 Å². The van der Waals surface area contributed by atoms with Gasteiger partial charge in [0.25, 0.3) is 0 Å². The van der Waals surface area contributed by atoms with Gasteiger partial charge in [0.1, 0.15) is 17.9 Å². The van der Waals surface area contributed by atoms with Crippen LogP contribution in [-0.4, -0.2) is 12.1 Å². The van der Waals surface area contributed by atoms with Crippen molar-refractivity contribution in [3.8, 4) is 5.75 Å². The largest absolute Gasteiger partial charge is 0.479 e. The molecule has 5 nitrogen and oxygen atoms in total. The van der Waals surface area contributed by atoms with Crippen molar-refractivity contribution in [1.82, 2.24) is 0 Å². The number of carbonyl (C=O) groups is 1. The summed E-state index contributed by atoms with van der Waals surface area (Å²) in [5.74, 6) is 0.109. The highest BCUT2D eigenvalue weighted by Gasteiger charge is 2.18. The molecule has 5 heteroatoms. The molecule has 3 aromatic rings. The Morgan fingerprint density at radius 1 is 1.11 bits per heavy atom. The molecule has 1 heterocycles. The molecule has 0 spiro atoms. The summed E-state index contributed by atoms with van der Waals surface area (Å²) < 4.78 is 16.4. The van der Waals surface area contributed by atoms with Gasteiger partial charge in [-0.1, -0.05) is 24.3 Å². The first-order valence-electron chi connectivity index (χ1n) is 8.78. The third kappa shape index (κ3) is 4.19. The van der Waals surface area contributed by atoms with Gasteiger partial charge in [-0.3, -0.25) is 0 Å². The van der Waals surface area contributed by atoms with Crippen molar-refractivity contribution in [1.29, 1.82) is 0 Å². The Bertz CT molecular complexity index is 1050. The molecule has 0 N–H and O–H groups in total. The zero-order valence-corrected chi connectivity index (χ0v) is 15.9. The van der Waals surface area contributed by atoms with Crippen molar-refractivity contribution < 1.29 is 18.7 Å². The van der Waals surface area contributed by atoms with Crippen molar-refractivity contribution in [3.63, 3.8) is 0 Å². The summed E-state index contributed by atoms with van der Waals surface area (Å²) in [5, 5.41) is 0.762. The van der Waals surface area contributed by atoms with Gasteiger partial charge in [-0.2, -0.15) is 0 Å². The fraction of sp³-hybridized carbons (Fsp3) is 0.273. The Hall–Kier alpha value is -3.08. The normalized spacial score (nSPS) is 12.0. The van der Waals surface area contributed by atoms with Gasteiger partial charge < -0.3 is 13.9 Å². The molecule has 0 aliphatic carbocycles. The lowest BCUT2D eigenvalue weighted by atomic mass is 10.0. The third-order valence-corrected chi connectivity index (χ3v) is 4.52. The van der Waals surface area contributed by atoms with Crippen LogP contribution in [0.2, 0.25) is 0 Å². The average molecular weight is 366 g/mol. The third-order valence-electron chi connectivity index (χ3n) is 4.52. The van der Waals surface area contributed by atoms with Gasteiger partial charge in [0.05, 0.1) is 0 Å². The minimum Gasteiger partial charge on any atom is -0.479 e. The molecule has 0 saturated heterocycles. The predicted octanol–water partition coefficient (Wildman–Crippen LogP) is 4.23. The fourth-order valence-electron chi connectivity index (χ4n) is 2.85. The lowest BCUT2D eigenvalue weighted by molar-refractivity contribution is -0.152. The number of ether oxygens (including phenoxy) is 2. The quantitative estimate of drug-likeness (QED) is 0.499. The molecule has 0 radical (unpaired) electrons. The van der Waals surface area contributed by atoms with E-state index in [0.29, 0.717) is 16.9 Å². The lowest BCUT2D eigenvalue weighted by Gasteiger charge is -2.15. The first-order chi connectivity index (χ1) is 12.8. The van der Waals surface area contributed by atoms with Gasteiger partial charge in [-0.25, -0.2) is 9.59 Å². The van der Waals surface area contributed by atoms with Gasteiger partial charge in [0.15, 0.2) is 6.10 Å². The molecule has 1 aromatic heterocycles. The number of hydrogen-bond donors (Lipinski definition) is 0. The van der Waals surface area contributed by atoms with E-state index in [-0.39, 0.29) is 6.61 Å². The van der Waals surface area contributed by atoms with E-state index in [2.05, 4.69) is 0 Å². The second-order valence-electron chi connectivity index (χ2n) is 6.66. The molecule has 140 valence electrons. The fourth-order valence-corrected chi connectivity index (χ4v) is 2.85. The summed E-state index contributed by atoms with van der Waals surface area (Å²) in [6, 6.07) is 12.6. The average Bonchev–Trinajstić information content (AvgIpc) is 2.62. The first kappa shape index (κ1) is 18.7. The monoisotopic (exact) mass is 366 g/mol. The molecule has 0 saturated carbocycles. The predicted molar refractivity (Wildman–Crippen MR) is 103 cm³/mol. The highest BCUT2D eigenvalue weighted by Crippen LogP contribution is 2.24. The van der Waals surface area contributed by atoms with Crippen LogP contribution >= 0.6 is 0 Å². The van der Waals surface area contributed by atoms with E-state index in [0.717, 1.165) is 22.1 Å². The maximum Gasteiger partial charge on any atom is 0.347 e. The summed E-state index contributed by atoms with van der Waals surface area (Å²) in [7, 11) is 0. The Kier molecular flexibility index (Phi) is 5.31. The number of benzene rings is 2. The Morgan fingerprint density at radius 3 is 2.63 bits per heavy atom. The number of fused-ring (bicyclic) bond motifs is 1. The van der Waals surface area contributed by atoms with Crippen molar-refractivity contribution in [2.45, 2.75) is 40.4 Å². The minimum absolute atomic E-state index is 0.0229. The van der Waals surface area contributed by atoms with Crippen molar-refractivity contribution >= 4 is 16.9 Å². The van der Waals surface area contributed by atoms with Crippen molar-refractivity contribution in [3.05, 3.63) is 75.1 Å². The molecule has 0 aliphatic heterocycles. The molecular formula is C22H22O5. The number of hydrogen-bond acceptors (Lipinski definition) is 5. The molecule has 0 fully saturated rings. The Morgan fingerprint density at radius 2 is 1.89 bits per heavy atom. The van der Waals surface area contributed by atoms with Gasteiger partial charge >= 0.3 is 11.6 Å². The van der Waals surface area contributed by atoms with Crippen LogP contribution in [0.4, 0.5) is 0 Å². The molecule has 27 heavy (non-hydrogen) atoms. The standard InChI is InChI=1S/C22H22O5/c1-13-6-5-7-18(10-13)26-16(4)22(24)25-12-17-11-20(23)27-21-15(3)14(2)8-9-19(17)21/h5-11,16H,12H2,1-4H3/t16-/m1/s1. The number of carbonyl (C=O) groups excluding carboxylic acids is 1. The Balaban J connectivity index is 1.75. The smallest absolute Gasteiger partial charge is 0.347 e. The summed E-state index contributed by atoms with van der Waals surface area (Å²) in [6.45, 7) is 7.41. The van der Waals surface area contributed by atoms with E-state index in [9.17, 15) is 9.59 Å². The Labute approximate surface area is 157 Å². The van der Waals surface area contributed by atoms with Crippen molar-refractivity contribution in [2.24, 2.45) is 0 Å². The van der Waals surface area contributed by atoms with Gasteiger partial charge in [-0.05, 0) is 56.5 Å². The van der Waals surface area contributed by atoms with E-state index >= 15 is 0 Å². The molecule has 1 atom stereocenters. The minimum atomic E-state index is -0.762. The van der Waals surface area contributed by atoms with Gasteiger partial charge in [0.2, 0.25) is 0 Å². The van der Waals surface area contributed by atoms with E-state index < -0.39 is 17.7 Å². The number of esters is 1. The zero-order chi connectivity index (χ0) is 19.6. The van der Waals surface area contributed by atoms with Gasteiger partial charge in [0, 0.05) is 17.0 Å². The van der Waals surface area contributed by atoms with Crippen LogP contribution in [0.3, 0.4) is 0 Å². The van der Waals surface area contributed by atoms with Crippen LogP contribution in [0.1, 0.15) is 29.2 Å². The summed E-state index contributed by atoms with van der Waals surface area (Å²) in [5.41, 5.74) is 3.64. The molecule has 0 unspecified atom stereocenters. The topological polar surface area (TPSA) is 65.7 Å². The summed E-state index contributed by atoms with van der Waals surface area (Å²) in [6.07, 6.45) is -0.762. The second-order valence-corrected chi connectivity index (χ2v) is 6.66. The summed E-state index contributed by atoms with van der Waals surface area (Å²) in [4.78, 5) is 24.2. The lowest BCUT2D eigenvalue weighted by Crippen LogP contribution is -2.26. The molecule has 3 rings (SSSR count). The number of rotatable bonds is 5. The molecule has 2 aromatic carbocycles. The number of aryl methyl sites for hydroxylation is 3. The molecule has 0 bridgehead atoms.